The molecule has 2 aromatic carbocycles. The summed E-state index contributed by atoms with van der Waals surface area (Å²) in [6, 6.07) is 18.4. The Labute approximate surface area is 126 Å². The third-order valence-corrected chi connectivity index (χ3v) is 4.48. The van der Waals surface area contributed by atoms with Crippen molar-refractivity contribution < 1.29 is 4.79 Å². The van der Waals surface area contributed by atoms with Crippen LogP contribution in [0.3, 0.4) is 0 Å². The maximum absolute atomic E-state index is 12.9. The molecule has 1 aliphatic carbocycles. The van der Waals surface area contributed by atoms with E-state index in [4.69, 9.17) is 0 Å². The average molecular weight is 276 g/mol. The summed E-state index contributed by atoms with van der Waals surface area (Å²) >= 11 is 0. The lowest BCUT2D eigenvalue weighted by atomic mass is 9.79. The summed E-state index contributed by atoms with van der Waals surface area (Å²) in [5.41, 5.74) is 4.04. The van der Waals surface area contributed by atoms with E-state index >= 15 is 0 Å². The molecule has 0 bridgehead atoms. The maximum atomic E-state index is 12.9. The first-order valence-corrected chi connectivity index (χ1v) is 7.47. The second kappa shape index (κ2) is 5.33. The Hall–Kier alpha value is -2.15. The Balaban J connectivity index is 1.95. The Morgan fingerprint density at radius 1 is 1.05 bits per heavy atom. The van der Waals surface area contributed by atoms with E-state index in [2.05, 4.69) is 32.0 Å². The van der Waals surface area contributed by atoms with Crippen LogP contribution in [0.25, 0.3) is 6.08 Å². The minimum atomic E-state index is -0.368. The lowest BCUT2D eigenvalue weighted by Gasteiger charge is -2.22. The predicted molar refractivity (Wildman–Crippen MR) is 87.2 cm³/mol. The molecule has 0 aliphatic heterocycles. The lowest BCUT2D eigenvalue weighted by Crippen LogP contribution is -2.27. The topological polar surface area (TPSA) is 17.1 Å². The molecule has 1 aliphatic rings. The minimum absolute atomic E-state index is 0.275. The van der Waals surface area contributed by atoms with Crippen molar-refractivity contribution in [3.05, 3.63) is 76.9 Å². The van der Waals surface area contributed by atoms with Crippen LogP contribution in [-0.4, -0.2) is 5.78 Å². The van der Waals surface area contributed by atoms with Crippen LogP contribution in [0.2, 0.25) is 0 Å². The molecule has 1 atom stereocenters. The first kappa shape index (κ1) is 13.8. The van der Waals surface area contributed by atoms with Gasteiger partial charge in [0.1, 0.15) is 0 Å². The molecule has 0 spiro atoms. The molecule has 0 amide bonds. The van der Waals surface area contributed by atoms with Crippen molar-refractivity contribution >= 4 is 11.9 Å². The van der Waals surface area contributed by atoms with Gasteiger partial charge in [0.2, 0.25) is 0 Å². The zero-order valence-electron chi connectivity index (χ0n) is 12.6. The predicted octanol–water partition coefficient (Wildman–Crippen LogP) is 4.70. The van der Waals surface area contributed by atoms with Gasteiger partial charge in [-0.05, 0) is 49.5 Å². The third kappa shape index (κ3) is 2.56. The zero-order valence-corrected chi connectivity index (χ0v) is 12.6. The number of carbonyl (C=O) groups is 1. The van der Waals surface area contributed by atoms with Crippen molar-refractivity contribution in [1.29, 1.82) is 0 Å². The van der Waals surface area contributed by atoms with Crippen molar-refractivity contribution in [1.82, 2.24) is 0 Å². The van der Waals surface area contributed by atoms with Crippen LogP contribution in [-0.2, 0) is 10.2 Å². The fourth-order valence-corrected chi connectivity index (χ4v) is 3.12. The van der Waals surface area contributed by atoms with E-state index in [1.807, 2.05) is 42.5 Å². The largest absolute Gasteiger partial charge is 0.294 e. The monoisotopic (exact) mass is 276 g/mol. The number of aryl methyl sites for hydroxylation is 1. The molecule has 21 heavy (non-hydrogen) atoms. The molecule has 1 saturated carbocycles. The molecule has 1 fully saturated rings. The molecule has 0 N–H and O–H groups in total. The summed E-state index contributed by atoms with van der Waals surface area (Å²) in [5.74, 6) is 0.275. The van der Waals surface area contributed by atoms with Crippen LogP contribution in [0.5, 0.6) is 0 Å². The fourth-order valence-electron chi connectivity index (χ4n) is 3.12. The van der Waals surface area contributed by atoms with Crippen LogP contribution >= 0.6 is 0 Å². The lowest BCUT2D eigenvalue weighted by molar-refractivity contribution is -0.118. The molecule has 0 radical (unpaired) electrons. The summed E-state index contributed by atoms with van der Waals surface area (Å²) in [4.78, 5) is 12.9. The molecule has 3 rings (SSSR count). The Bertz CT molecular complexity index is 697. The van der Waals surface area contributed by atoms with Crippen molar-refractivity contribution in [2.75, 3.05) is 0 Å². The Kier molecular flexibility index (Phi) is 3.50. The molecule has 1 heteroatoms. The fraction of sp³-hybridized carbons (Fsp3) is 0.250. The van der Waals surface area contributed by atoms with Gasteiger partial charge in [0.15, 0.2) is 5.78 Å². The van der Waals surface area contributed by atoms with E-state index in [1.54, 1.807) is 0 Å². The van der Waals surface area contributed by atoms with Gasteiger partial charge in [-0.3, -0.25) is 4.79 Å². The average Bonchev–Trinajstić information content (AvgIpc) is 2.78. The number of Topliss-reactive ketones (excluding diaryl/α,β-unsaturated/α-hetero) is 1. The highest BCUT2D eigenvalue weighted by atomic mass is 16.1. The highest BCUT2D eigenvalue weighted by Gasteiger charge is 2.41. The van der Waals surface area contributed by atoms with Gasteiger partial charge in [-0.25, -0.2) is 0 Å². The van der Waals surface area contributed by atoms with Crippen LogP contribution < -0.4 is 0 Å². The number of hydrogen-bond donors (Lipinski definition) is 0. The van der Waals surface area contributed by atoms with Crippen molar-refractivity contribution in [3.63, 3.8) is 0 Å². The smallest absolute Gasteiger partial charge is 0.169 e. The Morgan fingerprint density at radius 3 is 2.52 bits per heavy atom. The summed E-state index contributed by atoms with van der Waals surface area (Å²) < 4.78 is 0. The summed E-state index contributed by atoms with van der Waals surface area (Å²) in [6.07, 6.45) is 3.80. The number of allylic oxidation sites excluding steroid dienone is 1. The summed E-state index contributed by atoms with van der Waals surface area (Å²) in [5, 5.41) is 0. The van der Waals surface area contributed by atoms with Gasteiger partial charge in [-0.15, -0.1) is 0 Å². The number of ketones is 1. The van der Waals surface area contributed by atoms with E-state index in [-0.39, 0.29) is 11.2 Å². The summed E-state index contributed by atoms with van der Waals surface area (Å²) in [6.45, 7) is 4.16. The van der Waals surface area contributed by atoms with E-state index in [0.717, 1.165) is 29.5 Å². The molecule has 1 unspecified atom stereocenters. The van der Waals surface area contributed by atoms with Gasteiger partial charge >= 0.3 is 0 Å². The molecular weight excluding hydrogens is 256 g/mol. The highest BCUT2D eigenvalue weighted by Crippen LogP contribution is 2.41. The standard InChI is InChI=1S/C20H20O/c1-15-7-6-10-18(13-15)20(2)12-11-17(19(20)21)14-16-8-4-3-5-9-16/h3-10,13-14H,11-12H2,1-2H3/b17-14+. The second-order valence-corrected chi connectivity index (χ2v) is 6.11. The number of rotatable bonds is 2. The van der Waals surface area contributed by atoms with Gasteiger partial charge in [0.05, 0.1) is 5.41 Å². The van der Waals surface area contributed by atoms with Crippen LogP contribution in [0, 0.1) is 6.92 Å². The van der Waals surface area contributed by atoms with Crippen molar-refractivity contribution in [2.45, 2.75) is 32.1 Å². The first-order chi connectivity index (χ1) is 10.1. The van der Waals surface area contributed by atoms with Gasteiger partial charge in [-0.1, -0.05) is 60.2 Å². The van der Waals surface area contributed by atoms with E-state index in [0.29, 0.717) is 0 Å². The molecule has 1 nitrogen and oxygen atoms in total. The van der Waals surface area contributed by atoms with E-state index < -0.39 is 0 Å². The second-order valence-electron chi connectivity index (χ2n) is 6.11. The Morgan fingerprint density at radius 2 is 1.81 bits per heavy atom. The van der Waals surface area contributed by atoms with Crippen molar-refractivity contribution in [2.24, 2.45) is 0 Å². The molecule has 0 saturated heterocycles. The van der Waals surface area contributed by atoms with Gasteiger partial charge < -0.3 is 0 Å². The number of hydrogen-bond acceptors (Lipinski definition) is 1. The summed E-state index contributed by atoms with van der Waals surface area (Å²) in [7, 11) is 0. The number of benzene rings is 2. The van der Waals surface area contributed by atoms with Crippen molar-refractivity contribution in [3.8, 4) is 0 Å². The zero-order chi connectivity index (χ0) is 14.9. The molecule has 2 aromatic rings. The molecular formula is C20H20O. The van der Waals surface area contributed by atoms with Gasteiger partial charge in [-0.2, -0.15) is 0 Å². The van der Waals surface area contributed by atoms with Gasteiger partial charge in [0.25, 0.3) is 0 Å². The molecule has 106 valence electrons. The quantitative estimate of drug-likeness (QED) is 0.727. The third-order valence-electron chi connectivity index (χ3n) is 4.48. The van der Waals surface area contributed by atoms with Crippen LogP contribution in [0.15, 0.2) is 60.2 Å². The molecule has 0 aromatic heterocycles. The minimum Gasteiger partial charge on any atom is -0.294 e. The number of carbonyl (C=O) groups excluding carboxylic acids is 1. The van der Waals surface area contributed by atoms with Crippen LogP contribution in [0.4, 0.5) is 0 Å². The normalized spacial score (nSPS) is 23.7. The highest BCUT2D eigenvalue weighted by molar-refractivity contribution is 6.08. The first-order valence-electron chi connectivity index (χ1n) is 7.47. The van der Waals surface area contributed by atoms with E-state index in [9.17, 15) is 4.79 Å². The molecule has 0 heterocycles. The van der Waals surface area contributed by atoms with Crippen LogP contribution in [0.1, 0.15) is 36.5 Å². The SMILES string of the molecule is Cc1cccc(C2(C)CC/C(=C\c3ccccc3)C2=O)c1. The van der Waals surface area contributed by atoms with E-state index in [1.165, 1.54) is 5.56 Å². The maximum Gasteiger partial charge on any atom is 0.169 e. The van der Waals surface area contributed by atoms with Gasteiger partial charge in [0, 0.05) is 0 Å².